The van der Waals surface area contributed by atoms with Crippen LogP contribution >= 0.6 is 0 Å². The van der Waals surface area contributed by atoms with Crippen molar-refractivity contribution in [3.63, 3.8) is 0 Å². The summed E-state index contributed by atoms with van der Waals surface area (Å²) in [5.74, 6) is 2.97. The van der Waals surface area contributed by atoms with Crippen molar-refractivity contribution in [3.8, 4) is 22.9 Å². The van der Waals surface area contributed by atoms with Crippen molar-refractivity contribution in [2.24, 2.45) is 11.7 Å². The molecule has 1 aliphatic heterocycles. The quantitative estimate of drug-likeness (QED) is 0.615. The van der Waals surface area contributed by atoms with Crippen LogP contribution in [0.3, 0.4) is 0 Å². The molecule has 0 saturated heterocycles. The van der Waals surface area contributed by atoms with Crippen LogP contribution in [0.5, 0.6) is 11.5 Å². The lowest BCUT2D eigenvalue weighted by atomic mass is 10.1. The molecule has 0 radical (unpaired) electrons. The molecule has 8 nitrogen and oxygen atoms in total. The van der Waals surface area contributed by atoms with Crippen molar-refractivity contribution >= 4 is 11.6 Å². The summed E-state index contributed by atoms with van der Waals surface area (Å²) >= 11 is 0. The number of aromatic nitrogens is 3. The minimum absolute atomic E-state index is 0.0287. The minimum Gasteiger partial charge on any atom is -0.486 e. The van der Waals surface area contributed by atoms with Crippen LogP contribution in [0.25, 0.3) is 11.4 Å². The van der Waals surface area contributed by atoms with Gasteiger partial charge in [0.05, 0.1) is 6.54 Å². The van der Waals surface area contributed by atoms with Gasteiger partial charge in [-0.25, -0.2) is 4.98 Å². The molecular weight excluding hydrogens is 370 g/mol. The Morgan fingerprint density at radius 2 is 1.93 bits per heavy atom. The molecule has 2 aromatic carbocycles. The summed E-state index contributed by atoms with van der Waals surface area (Å²) in [4.78, 5) is 16.9. The third kappa shape index (κ3) is 3.54. The number of aromatic amines is 1. The third-order valence-electron chi connectivity index (χ3n) is 5.26. The van der Waals surface area contributed by atoms with E-state index in [0.717, 1.165) is 34.7 Å². The number of anilines is 1. The molecule has 8 heteroatoms. The minimum atomic E-state index is -0.0302. The zero-order chi connectivity index (χ0) is 19.8. The van der Waals surface area contributed by atoms with Crippen LogP contribution in [0.15, 0.2) is 42.5 Å². The fraction of sp³-hybridized carbons (Fsp3) is 0.286. The lowest BCUT2D eigenvalue weighted by Gasteiger charge is -2.18. The molecule has 2 unspecified atom stereocenters. The molecule has 2 aliphatic rings. The average Bonchev–Trinajstić information content (AvgIpc) is 3.43. The summed E-state index contributed by atoms with van der Waals surface area (Å²) in [7, 11) is 0. The van der Waals surface area contributed by atoms with Crippen molar-refractivity contribution < 1.29 is 14.3 Å². The standard InChI is InChI=1S/C21H21N5O3/c22-11-19-24-20(26-25-19)12-1-4-14(5-2-12)23-21(27)16-10-15(16)13-3-6-17-18(9-13)29-8-7-28-17/h1-6,9,15-16H,7-8,10-11,22H2,(H,23,27)(H,24,25,26). The molecule has 2 atom stereocenters. The molecule has 0 bridgehead atoms. The number of nitrogens with two attached hydrogens (primary N) is 1. The number of hydrogen-bond donors (Lipinski definition) is 3. The van der Waals surface area contributed by atoms with Crippen LogP contribution in [-0.4, -0.2) is 34.3 Å². The number of nitrogens with zero attached hydrogens (tertiary/aromatic N) is 2. The van der Waals surface area contributed by atoms with Crippen molar-refractivity contribution in [1.82, 2.24) is 15.2 Å². The number of benzene rings is 2. The van der Waals surface area contributed by atoms with E-state index in [4.69, 9.17) is 15.2 Å². The van der Waals surface area contributed by atoms with Gasteiger partial charge in [-0.2, -0.15) is 5.10 Å². The van der Waals surface area contributed by atoms with Gasteiger partial charge in [0, 0.05) is 17.2 Å². The van der Waals surface area contributed by atoms with Crippen LogP contribution < -0.4 is 20.5 Å². The summed E-state index contributed by atoms with van der Waals surface area (Å²) < 4.78 is 11.2. The number of carbonyl (C=O) groups is 1. The number of fused-ring (bicyclic) bond motifs is 1. The highest BCUT2D eigenvalue weighted by Gasteiger charge is 2.44. The number of carbonyl (C=O) groups excluding carboxylic acids is 1. The van der Waals surface area contributed by atoms with Gasteiger partial charge in [-0.05, 0) is 54.3 Å². The molecule has 148 valence electrons. The highest BCUT2D eigenvalue weighted by atomic mass is 16.6. The van der Waals surface area contributed by atoms with Crippen LogP contribution in [0.1, 0.15) is 23.7 Å². The third-order valence-corrected chi connectivity index (χ3v) is 5.26. The van der Waals surface area contributed by atoms with Gasteiger partial charge in [0.1, 0.15) is 19.0 Å². The molecule has 4 N–H and O–H groups in total. The Hall–Kier alpha value is -3.39. The van der Waals surface area contributed by atoms with E-state index in [-0.39, 0.29) is 17.7 Å². The summed E-state index contributed by atoms with van der Waals surface area (Å²) in [6, 6.07) is 13.4. The van der Waals surface area contributed by atoms with E-state index in [1.54, 1.807) is 0 Å². The smallest absolute Gasteiger partial charge is 0.228 e. The second-order valence-corrected chi connectivity index (χ2v) is 7.23. The summed E-state index contributed by atoms with van der Waals surface area (Å²) in [6.07, 6.45) is 0.836. The fourth-order valence-electron chi connectivity index (χ4n) is 3.60. The van der Waals surface area contributed by atoms with E-state index in [1.807, 2.05) is 42.5 Å². The van der Waals surface area contributed by atoms with E-state index in [9.17, 15) is 4.79 Å². The van der Waals surface area contributed by atoms with E-state index in [0.29, 0.717) is 31.4 Å². The lowest BCUT2D eigenvalue weighted by Crippen LogP contribution is -2.16. The van der Waals surface area contributed by atoms with E-state index < -0.39 is 0 Å². The molecule has 1 amide bonds. The van der Waals surface area contributed by atoms with Gasteiger partial charge in [0.25, 0.3) is 0 Å². The monoisotopic (exact) mass is 391 g/mol. The molecule has 3 aromatic rings. The molecular formula is C21H21N5O3. The van der Waals surface area contributed by atoms with Crippen LogP contribution in [0.2, 0.25) is 0 Å². The van der Waals surface area contributed by atoms with Crippen LogP contribution in [0.4, 0.5) is 5.69 Å². The van der Waals surface area contributed by atoms with E-state index >= 15 is 0 Å². The maximum atomic E-state index is 12.6. The Morgan fingerprint density at radius 1 is 1.14 bits per heavy atom. The summed E-state index contributed by atoms with van der Waals surface area (Å²) in [5.41, 5.74) is 8.27. The molecule has 5 rings (SSSR count). The Morgan fingerprint density at radius 3 is 2.69 bits per heavy atom. The Kier molecular flexibility index (Phi) is 4.40. The maximum absolute atomic E-state index is 12.6. The Balaban J connectivity index is 1.22. The second-order valence-electron chi connectivity index (χ2n) is 7.23. The van der Waals surface area contributed by atoms with Crippen molar-refractivity contribution in [2.45, 2.75) is 18.9 Å². The number of H-pyrrole nitrogens is 1. The number of hydrogen-bond acceptors (Lipinski definition) is 6. The van der Waals surface area contributed by atoms with E-state index in [1.165, 1.54) is 0 Å². The van der Waals surface area contributed by atoms with Crippen LogP contribution in [-0.2, 0) is 11.3 Å². The molecule has 0 spiro atoms. The molecule has 1 aliphatic carbocycles. The largest absolute Gasteiger partial charge is 0.486 e. The average molecular weight is 391 g/mol. The lowest BCUT2D eigenvalue weighted by molar-refractivity contribution is -0.117. The molecule has 1 aromatic heterocycles. The first-order valence-electron chi connectivity index (χ1n) is 9.63. The first kappa shape index (κ1) is 17.7. The predicted octanol–water partition coefficient (Wildman–Crippen LogP) is 2.44. The fourth-order valence-corrected chi connectivity index (χ4v) is 3.60. The van der Waals surface area contributed by atoms with Gasteiger partial charge in [-0.1, -0.05) is 6.07 Å². The molecule has 1 fully saturated rings. The normalized spacial score (nSPS) is 19.6. The van der Waals surface area contributed by atoms with Crippen molar-refractivity contribution in [3.05, 3.63) is 53.9 Å². The highest BCUT2D eigenvalue weighted by molar-refractivity contribution is 5.95. The van der Waals surface area contributed by atoms with Gasteiger partial charge >= 0.3 is 0 Å². The van der Waals surface area contributed by atoms with Crippen molar-refractivity contribution in [2.75, 3.05) is 18.5 Å². The number of rotatable bonds is 5. The molecule has 29 heavy (non-hydrogen) atoms. The zero-order valence-electron chi connectivity index (χ0n) is 15.7. The van der Waals surface area contributed by atoms with Gasteiger partial charge in [0.2, 0.25) is 5.91 Å². The Labute approximate surface area is 167 Å². The summed E-state index contributed by atoms with van der Waals surface area (Å²) in [6.45, 7) is 1.44. The van der Waals surface area contributed by atoms with Gasteiger partial charge in [-0.3, -0.25) is 9.89 Å². The molecule has 1 saturated carbocycles. The van der Waals surface area contributed by atoms with Gasteiger partial charge in [0.15, 0.2) is 17.3 Å². The molecule has 2 heterocycles. The first-order chi connectivity index (χ1) is 14.2. The topological polar surface area (TPSA) is 115 Å². The SMILES string of the molecule is NCc1nc(-c2ccc(NC(=O)C3CC3c3ccc4c(c3)OCCO4)cc2)n[nH]1. The Bertz CT molecular complexity index is 1050. The first-order valence-corrected chi connectivity index (χ1v) is 9.63. The van der Waals surface area contributed by atoms with Crippen LogP contribution in [0, 0.1) is 5.92 Å². The van der Waals surface area contributed by atoms with Crippen molar-refractivity contribution in [1.29, 1.82) is 0 Å². The second kappa shape index (κ2) is 7.21. The number of amides is 1. The maximum Gasteiger partial charge on any atom is 0.228 e. The number of ether oxygens (including phenoxy) is 2. The zero-order valence-corrected chi connectivity index (χ0v) is 15.7. The van der Waals surface area contributed by atoms with Gasteiger partial charge < -0.3 is 20.5 Å². The predicted molar refractivity (Wildman–Crippen MR) is 107 cm³/mol. The van der Waals surface area contributed by atoms with E-state index in [2.05, 4.69) is 20.5 Å². The number of nitrogens with one attached hydrogen (secondary N) is 2. The highest BCUT2D eigenvalue weighted by Crippen LogP contribution is 2.49. The van der Waals surface area contributed by atoms with Gasteiger partial charge in [-0.15, -0.1) is 0 Å². The summed E-state index contributed by atoms with van der Waals surface area (Å²) in [5, 5.41) is 9.93.